The van der Waals surface area contributed by atoms with Crippen molar-refractivity contribution in [3.63, 3.8) is 0 Å². The summed E-state index contributed by atoms with van der Waals surface area (Å²) in [5.74, 6) is 0.401. The molecule has 4 aromatic rings. The van der Waals surface area contributed by atoms with Crippen LogP contribution in [0.5, 0.6) is 0 Å². The van der Waals surface area contributed by atoms with Crippen LogP contribution in [0, 0.1) is 5.92 Å². The normalized spacial score (nSPS) is 16.8. The molecule has 164 valence electrons. The smallest absolute Gasteiger partial charge is 0.312 e. The molecule has 3 heterocycles. The van der Waals surface area contributed by atoms with Crippen LogP contribution in [0.3, 0.4) is 0 Å². The summed E-state index contributed by atoms with van der Waals surface area (Å²) in [4.78, 5) is 46.7. The number of nitrogens with one attached hydrogen (secondary N) is 2. The number of ether oxygens (including phenoxy) is 1. The number of hydrogen-bond donors (Lipinski definition) is 2. The van der Waals surface area contributed by atoms with Gasteiger partial charge in [-0.2, -0.15) is 5.10 Å². The molecule has 3 aromatic heterocycles. The molecule has 9 heteroatoms. The van der Waals surface area contributed by atoms with Gasteiger partial charge < -0.3 is 9.72 Å². The molecule has 8 nitrogen and oxygen atoms in total. The first-order valence-electron chi connectivity index (χ1n) is 10.6. The summed E-state index contributed by atoms with van der Waals surface area (Å²) in [5, 5.41) is 8.17. The van der Waals surface area contributed by atoms with Crippen molar-refractivity contribution in [3.05, 3.63) is 66.9 Å². The highest BCUT2D eigenvalue weighted by Crippen LogP contribution is 2.36. The number of fused-ring (bicyclic) bond motifs is 4. The molecule has 5 rings (SSSR count). The number of H-pyrrole nitrogens is 2. The summed E-state index contributed by atoms with van der Waals surface area (Å²) >= 11 is 1.56. The van der Waals surface area contributed by atoms with E-state index in [9.17, 15) is 14.4 Å². The van der Waals surface area contributed by atoms with Crippen molar-refractivity contribution >= 4 is 38.3 Å². The van der Waals surface area contributed by atoms with Gasteiger partial charge in [-0.15, -0.1) is 11.3 Å². The Bertz CT molecular complexity index is 1470. The molecular weight excluding hydrogens is 428 g/mol. The lowest BCUT2D eigenvalue weighted by atomic mass is 9.89. The Morgan fingerprint density at radius 1 is 1.25 bits per heavy atom. The molecular formula is C23H22N4O4S. The van der Waals surface area contributed by atoms with Crippen LogP contribution in [0.4, 0.5) is 0 Å². The van der Waals surface area contributed by atoms with Gasteiger partial charge in [-0.1, -0.05) is 25.1 Å². The molecule has 1 aliphatic rings. The van der Waals surface area contributed by atoms with Gasteiger partial charge in [0.2, 0.25) is 0 Å². The lowest BCUT2D eigenvalue weighted by molar-refractivity contribution is -0.148. The predicted molar refractivity (Wildman–Crippen MR) is 122 cm³/mol. The molecule has 0 bridgehead atoms. The van der Waals surface area contributed by atoms with Crippen LogP contribution < -0.4 is 11.1 Å². The molecule has 0 aliphatic heterocycles. The third-order valence-electron chi connectivity index (χ3n) is 5.96. The number of aromatic nitrogens is 4. The van der Waals surface area contributed by atoms with E-state index in [1.807, 2.05) is 0 Å². The van der Waals surface area contributed by atoms with Crippen molar-refractivity contribution < 1.29 is 9.53 Å². The van der Waals surface area contributed by atoms with E-state index < -0.39 is 12.1 Å². The van der Waals surface area contributed by atoms with E-state index in [0.717, 1.165) is 24.8 Å². The zero-order valence-corrected chi connectivity index (χ0v) is 18.5. The summed E-state index contributed by atoms with van der Waals surface area (Å²) in [5.41, 5.74) is 1.04. The summed E-state index contributed by atoms with van der Waals surface area (Å²) in [6, 6.07) is 6.96. The average Bonchev–Trinajstić information content (AvgIpc) is 3.13. The summed E-state index contributed by atoms with van der Waals surface area (Å²) in [7, 11) is 0. The zero-order valence-electron chi connectivity index (χ0n) is 17.7. The van der Waals surface area contributed by atoms with Crippen molar-refractivity contribution in [1.29, 1.82) is 0 Å². The van der Waals surface area contributed by atoms with Gasteiger partial charge in [0, 0.05) is 10.3 Å². The Balaban J connectivity index is 1.39. The molecule has 2 N–H and O–H groups in total. The Kier molecular flexibility index (Phi) is 5.13. The Labute approximate surface area is 186 Å². The number of nitrogens with zero attached hydrogens (tertiary/aromatic N) is 2. The van der Waals surface area contributed by atoms with Crippen molar-refractivity contribution in [2.45, 2.75) is 45.6 Å². The van der Waals surface area contributed by atoms with Gasteiger partial charge in [0.05, 0.1) is 22.9 Å². The molecule has 2 atom stereocenters. The fourth-order valence-electron chi connectivity index (χ4n) is 4.30. The van der Waals surface area contributed by atoms with Gasteiger partial charge in [-0.25, -0.2) is 10.1 Å². The molecule has 0 amide bonds. The van der Waals surface area contributed by atoms with Crippen molar-refractivity contribution in [2.75, 3.05) is 0 Å². The Morgan fingerprint density at radius 3 is 2.84 bits per heavy atom. The fraction of sp³-hybridized carbons (Fsp3) is 0.348. The highest BCUT2D eigenvalue weighted by atomic mass is 32.1. The van der Waals surface area contributed by atoms with Crippen molar-refractivity contribution in [1.82, 2.24) is 20.2 Å². The second kappa shape index (κ2) is 7.98. The third kappa shape index (κ3) is 3.62. The predicted octanol–water partition coefficient (Wildman–Crippen LogP) is 3.19. The number of benzene rings is 1. The van der Waals surface area contributed by atoms with Gasteiger partial charge in [-0.3, -0.25) is 14.4 Å². The molecule has 0 saturated carbocycles. The fourth-order valence-corrected chi connectivity index (χ4v) is 5.69. The number of aromatic amines is 2. The third-order valence-corrected chi connectivity index (χ3v) is 7.11. The molecule has 0 fully saturated rings. The van der Waals surface area contributed by atoms with Gasteiger partial charge in [0.1, 0.15) is 4.83 Å². The summed E-state index contributed by atoms with van der Waals surface area (Å²) in [6.07, 6.45) is 2.09. The molecule has 0 spiro atoms. The number of aryl methyl sites for hydroxylation is 1. The Hall–Kier alpha value is -3.33. The van der Waals surface area contributed by atoms with Crippen LogP contribution >= 0.6 is 11.3 Å². The van der Waals surface area contributed by atoms with E-state index in [-0.39, 0.29) is 17.5 Å². The lowest BCUT2D eigenvalue weighted by Crippen LogP contribution is -2.20. The molecule has 1 aromatic carbocycles. The number of carbonyl (C=O) groups excluding carboxylic acids is 1. The van der Waals surface area contributed by atoms with Crippen LogP contribution in [0.2, 0.25) is 0 Å². The number of hydrogen-bond acceptors (Lipinski definition) is 7. The largest absolute Gasteiger partial charge is 0.454 e. The highest BCUT2D eigenvalue weighted by Gasteiger charge is 2.24. The molecule has 0 unspecified atom stereocenters. The van der Waals surface area contributed by atoms with E-state index in [2.05, 4.69) is 27.1 Å². The quantitative estimate of drug-likeness (QED) is 0.461. The van der Waals surface area contributed by atoms with Crippen molar-refractivity contribution in [3.8, 4) is 0 Å². The maximum atomic E-state index is 12.8. The topological polar surface area (TPSA) is 118 Å². The van der Waals surface area contributed by atoms with Crippen LogP contribution in [0.15, 0.2) is 33.9 Å². The Morgan fingerprint density at radius 2 is 2.03 bits per heavy atom. The first-order valence-corrected chi connectivity index (χ1v) is 11.4. The first-order chi connectivity index (χ1) is 15.4. The zero-order chi connectivity index (χ0) is 22.4. The van der Waals surface area contributed by atoms with Gasteiger partial charge in [-0.05, 0) is 43.7 Å². The second-order valence-electron chi connectivity index (χ2n) is 8.34. The number of esters is 1. The maximum absolute atomic E-state index is 12.8. The minimum absolute atomic E-state index is 0.112. The van der Waals surface area contributed by atoms with E-state index >= 15 is 0 Å². The standard InChI is InChI=1S/C23H22N4O4S/c1-11-7-8-15-17(9-11)32-23-19(15)22(30)24-20(25-23)12(2)31-18(28)10-16-13-5-3-4-6-14(13)21(29)27-26-16/h3-6,11-12H,7-10H2,1-2H3,(H,27,29)(H,24,25,30)/t11-,12+/m1/s1. The highest BCUT2D eigenvalue weighted by molar-refractivity contribution is 7.18. The van der Waals surface area contributed by atoms with E-state index in [1.165, 1.54) is 4.88 Å². The maximum Gasteiger partial charge on any atom is 0.312 e. The van der Waals surface area contributed by atoms with Gasteiger partial charge in [0.15, 0.2) is 11.9 Å². The van der Waals surface area contributed by atoms with E-state index in [0.29, 0.717) is 38.4 Å². The molecule has 1 aliphatic carbocycles. The van der Waals surface area contributed by atoms with Crippen molar-refractivity contribution in [2.24, 2.45) is 5.92 Å². The van der Waals surface area contributed by atoms with Gasteiger partial charge >= 0.3 is 5.97 Å². The molecule has 32 heavy (non-hydrogen) atoms. The molecule has 0 saturated heterocycles. The minimum Gasteiger partial charge on any atom is -0.454 e. The minimum atomic E-state index is -0.730. The monoisotopic (exact) mass is 450 g/mol. The van der Waals surface area contributed by atoms with E-state index in [4.69, 9.17) is 4.74 Å². The van der Waals surface area contributed by atoms with Crippen LogP contribution in [-0.2, 0) is 28.8 Å². The van der Waals surface area contributed by atoms with Crippen LogP contribution in [0.1, 0.15) is 48.3 Å². The van der Waals surface area contributed by atoms with Crippen LogP contribution in [-0.4, -0.2) is 26.1 Å². The average molecular weight is 451 g/mol. The van der Waals surface area contributed by atoms with Gasteiger partial charge in [0.25, 0.3) is 11.1 Å². The first kappa shape index (κ1) is 20.6. The number of carbonyl (C=O) groups is 1. The van der Waals surface area contributed by atoms with E-state index in [1.54, 1.807) is 42.5 Å². The molecule has 0 radical (unpaired) electrons. The number of thiophene rings is 1. The second-order valence-corrected chi connectivity index (χ2v) is 9.42. The lowest BCUT2D eigenvalue weighted by Gasteiger charge is -2.17. The summed E-state index contributed by atoms with van der Waals surface area (Å²) in [6.45, 7) is 3.90. The van der Waals surface area contributed by atoms with Crippen LogP contribution in [0.25, 0.3) is 21.0 Å². The number of rotatable bonds is 4. The SMILES string of the molecule is C[C@@H]1CCc2c(sc3nc([C@H](C)OC(=O)Cc4n[nH]c(=O)c5ccccc45)[nH]c(=O)c23)C1. The summed E-state index contributed by atoms with van der Waals surface area (Å²) < 4.78 is 5.54.